The first-order valence-electron chi connectivity index (χ1n) is 1.38. The second kappa shape index (κ2) is 2.42. The third-order valence-electron chi connectivity index (χ3n) is 0.321. The summed E-state index contributed by atoms with van der Waals surface area (Å²) in [6.07, 6.45) is -12.1. The predicted octanol–water partition coefficient (Wildman–Crippen LogP) is 1.63. The van der Waals surface area contributed by atoms with Crippen molar-refractivity contribution in [2.75, 3.05) is 0 Å². The Balaban J connectivity index is 0. The Morgan fingerprint density at radius 3 is 0.667 bits per heavy atom. The normalized spacial score (nSPS) is 12.7. The molecule has 0 unspecified atom stereocenters. The Morgan fingerprint density at radius 1 is 0.556 bits per heavy atom. The number of hydrogen-bond acceptors (Lipinski definition) is 0. The van der Waals surface area contributed by atoms with Crippen LogP contribution in [0.3, 0.4) is 0 Å². The summed E-state index contributed by atoms with van der Waals surface area (Å²) in [6.45, 7) is 0. The van der Waals surface area contributed by atoms with Crippen molar-refractivity contribution in [3.63, 3.8) is 0 Å². The summed E-state index contributed by atoms with van der Waals surface area (Å²) in [7, 11) is 0. The average Bonchev–Trinajstić information content (AvgIpc) is 1.25. The average molecular weight is 152 g/mol. The predicted molar refractivity (Wildman–Crippen MR) is 14.2 cm³/mol. The van der Waals surface area contributed by atoms with Crippen molar-refractivity contribution in [2.24, 2.45) is 0 Å². The van der Waals surface area contributed by atoms with E-state index < -0.39 is 12.4 Å². The van der Waals surface area contributed by atoms with Crippen LogP contribution >= 0.6 is 0 Å². The van der Waals surface area contributed by atoms with Crippen LogP contribution in [0.15, 0.2) is 0 Å². The molecular formula is C2F6N. The molecule has 0 N–H and O–H groups in total. The van der Waals surface area contributed by atoms with Gasteiger partial charge in [-0.2, -0.15) is 26.3 Å². The largest absolute Gasteiger partial charge is 0.487 e. The summed E-state index contributed by atoms with van der Waals surface area (Å²) in [5.74, 6) is 0. The summed E-state index contributed by atoms with van der Waals surface area (Å²) >= 11 is 0. The maximum absolute atomic E-state index is 10.4. The molecule has 0 saturated heterocycles. The van der Waals surface area contributed by atoms with E-state index in [0.717, 1.165) is 0 Å². The lowest BCUT2D eigenvalue weighted by atomic mass is 10.7. The fourth-order valence-electron chi connectivity index (χ4n) is 0. The third-order valence-corrected chi connectivity index (χ3v) is 0.321. The zero-order valence-electron chi connectivity index (χ0n) is 3.72. The Bertz CT molecular complexity index is 66.0. The van der Waals surface area contributed by atoms with Gasteiger partial charge in [-0.15, -0.1) is 0 Å². The van der Waals surface area contributed by atoms with Crippen molar-refractivity contribution >= 4 is 0 Å². The van der Waals surface area contributed by atoms with Gasteiger partial charge in [0.2, 0.25) is 0 Å². The Kier molecular flexibility index (Phi) is 3.05. The quantitative estimate of drug-likeness (QED) is 0.472. The summed E-state index contributed by atoms with van der Waals surface area (Å²) in [6, 6.07) is 0. The van der Waals surface area contributed by atoms with E-state index in [2.05, 4.69) is 0 Å². The minimum atomic E-state index is -6.06. The second-order valence-corrected chi connectivity index (χ2v) is 0.996. The van der Waals surface area contributed by atoms with Gasteiger partial charge in [-0.1, -0.05) is 0 Å². The molecular weight excluding hydrogens is 152 g/mol. The molecule has 0 rings (SSSR count). The van der Waals surface area contributed by atoms with Crippen molar-refractivity contribution in [3.05, 3.63) is 0 Å². The summed E-state index contributed by atoms with van der Waals surface area (Å²) < 4.78 is 62.6. The van der Waals surface area contributed by atoms with E-state index in [1.807, 2.05) is 0 Å². The van der Waals surface area contributed by atoms with Crippen LogP contribution < -0.4 is 6.15 Å². The maximum Gasteiger partial charge on any atom is 0.487 e. The molecule has 0 heterocycles. The van der Waals surface area contributed by atoms with Crippen LogP contribution in [0.2, 0.25) is 0 Å². The van der Waals surface area contributed by atoms with Gasteiger partial charge in [0.1, 0.15) is 0 Å². The Hall–Kier alpha value is -0.460. The van der Waals surface area contributed by atoms with Gasteiger partial charge in [0.25, 0.3) is 0 Å². The topological polar surface area (TPSA) is 30.5 Å². The number of alkyl halides is 6. The van der Waals surface area contributed by atoms with Gasteiger partial charge in [-0.05, 0) is 0 Å². The molecule has 7 heteroatoms. The highest BCUT2D eigenvalue weighted by Gasteiger charge is 2.58. The minimum absolute atomic E-state index is 0. The lowest BCUT2D eigenvalue weighted by Crippen LogP contribution is -2.30. The van der Waals surface area contributed by atoms with E-state index >= 15 is 0 Å². The lowest BCUT2D eigenvalue weighted by molar-refractivity contribution is -0.339. The molecule has 1 nitrogen and oxygen atoms in total. The lowest BCUT2D eigenvalue weighted by Gasteiger charge is -2.08. The maximum atomic E-state index is 10.4. The minimum Gasteiger partial charge on any atom is -0.162 e. The molecule has 0 saturated carbocycles. The van der Waals surface area contributed by atoms with Crippen LogP contribution in [0.1, 0.15) is 0 Å². The number of hydrogen-bond donors (Lipinski definition) is 0. The number of rotatable bonds is 0. The van der Waals surface area contributed by atoms with Crippen molar-refractivity contribution in [3.8, 4) is 0 Å². The van der Waals surface area contributed by atoms with Gasteiger partial charge in [0.05, 0.1) is 0 Å². The van der Waals surface area contributed by atoms with Gasteiger partial charge in [-0.3, -0.25) is 0 Å². The fourth-order valence-corrected chi connectivity index (χ4v) is 0. The molecule has 0 bridgehead atoms. The standard InChI is InChI=1S/C2F6.N/c3-1(4,5)2(6,7)8;. The molecule has 0 atom stereocenters. The van der Waals surface area contributed by atoms with E-state index in [9.17, 15) is 26.3 Å². The third kappa shape index (κ3) is 3.17. The molecule has 0 fully saturated rings. The highest BCUT2D eigenvalue weighted by Crippen LogP contribution is 2.35. The molecule has 0 aliphatic heterocycles. The summed E-state index contributed by atoms with van der Waals surface area (Å²) in [4.78, 5) is 0. The number of nitrogens with zero attached hydrogens (tertiary/aromatic N) is 1. The number of halogens is 6. The molecule has 0 aromatic rings. The van der Waals surface area contributed by atoms with Crippen LogP contribution in [0.25, 0.3) is 0 Å². The van der Waals surface area contributed by atoms with Gasteiger partial charge < -0.3 is 0 Å². The molecule has 0 aliphatic rings. The monoisotopic (exact) mass is 152 g/mol. The van der Waals surface area contributed by atoms with E-state index in [1.165, 1.54) is 0 Å². The molecule has 0 aromatic carbocycles. The first-order valence-corrected chi connectivity index (χ1v) is 1.38. The summed E-state index contributed by atoms with van der Waals surface area (Å²) in [5.41, 5.74) is 0. The van der Waals surface area contributed by atoms with E-state index in [1.54, 1.807) is 0 Å². The molecule has 3 radical (unpaired) electrons. The van der Waals surface area contributed by atoms with Crippen molar-refractivity contribution in [1.29, 1.82) is 0 Å². The molecule has 0 aliphatic carbocycles. The smallest absolute Gasteiger partial charge is 0.162 e. The van der Waals surface area contributed by atoms with Crippen LogP contribution in [-0.2, 0) is 0 Å². The second-order valence-electron chi connectivity index (χ2n) is 0.996. The first kappa shape index (κ1) is 11.4. The zero-order chi connectivity index (χ0) is 7.00. The molecule has 0 spiro atoms. The SMILES string of the molecule is FC(F)(F)C(F)(F)F.[N]. The highest BCUT2D eigenvalue weighted by molar-refractivity contribution is 4.59. The van der Waals surface area contributed by atoms with Gasteiger partial charge in [0, 0.05) is 6.15 Å². The van der Waals surface area contributed by atoms with Gasteiger partial charge >= 0.3 is 12.4 Å². The van der Waals surface area contributed by atoms with Crippen LogP contribution in [0, 0.1) is 0 Å². The van der Waals surface area contributed by atoms with Crippen LogP contribution in [-0.4, -0.2) is 12.4 Å². The van der Waals surface area contributed by atoms with Crippen molar-refractivity contribution in [2.45, 2.75) is 12.4 Å². The van der Waals surface area contributed by atoms with E-state index in [-0.39, 0.29) is 6.15 Å². The van der Waals surface area contributed by atoms with Crippen LogP contribution in [0.5, 0.6) is 0 Å². The molecule has 55 valence electrons. The zero-order valence-corrected chi connectivity index (χ0v) is 3.72. The highest BCUT2D eigenvalue weighted by atomic mass is 19.5. The Morgan fingerprint density at radius 2 is 0.667 bits per heavy atom. The van der Waals surface area contributed by atoms with Gasteiger partial charge in [-0.25, -0.2) is 0 Å². The fraction of sp³-hybridized carbons (Fsp3) is 1.00. The first-order chi connectivity index (χ1) is 3.25. The Labute approximate surface area is 46.2 Å². The molecule has 0 amide bonds. The van der Waals surface area contributed by atoms with E-state index in [4.69, 9.17) is 0 Å². The summed E-state index contributed by atoms with van der Waals surface area (Å²) in [5, 5.41) is 0. The van der Waals surface area contributed by atoms with Crippen molar-refractivity contribution in [1.82, 2.24) is 6.15 Å². The van der Waals surface area contributed by atoms with Gasteiger partial charge in [0.15, 0.2) is 0 Å². The van der Waals surface area contributed by atoms with E-state index in [0.29, 0.717) is 0 Å². The molecule has 9 heavy (non-hydrogen) atoms. The molecule has 0 aromatic heterocycles. The van der Waals surface area contributed by atoms with Crippen molar-refractivity contribution < 1.29 is 26.3 Å². The van der Waals surface area contributed by atoms with Crippen LogP contribution in [0.4, 0.5) is 26.3 Å².